The van der Waals surface area contributed by atoms with Crippen LogP contribution in [0.4, 0.5) is 5.69 Å². The van der Waals surface area contributed by atoms with Gasteiger partial charge in [0.15, 0.2) is 5.03 Å². The van der Waals surface area contributed by atoms with Crippen LogP contribution in [0.1, 0.15) is 20.8 Å². The molecule has 0 saturated heterocycles. The van der Waals surface area contributed by atoms with Crippen LogP contribution in [0.2, 0.25) is 0 Å². The van der Waals surface area contributed by atoms with Crippen molar-refractivity contribution in [2.24, 2.45) is 5.41 Å². The Hall–Kier alpha value is -1.18. The molecule has 1 rings (SSSR count). The van der Waals surface area contributed by atoms with Gasteiger partial charge < -0.3 is 10.2 Å². The van der Waals surface area contributed by atoms with Gasteiger partial charge in [-0.2, -0.15) is 0 Å². The second-order valence-corrected chi connectivity index (χ2v) is 7.80. The number of pyridine rings is 1. The summed E-state index contributed by atoms with van der Waals surface area (Å²) in [6.07, 6.45) is 1.49. The molecule has 0 saturated carbocycles. The summed E-state index contributed by atoms with van der Waals surface area (Å²) in [6.45, 7) is 7.75. The van der Waals surface area contributed by atoms with E-state index in [4.69, 9.17) is 0 Å². The van der Waals surface area contributed by atoms with Gasteiger partial charge in [0.25, 0.3) is 10.0 Å². The lowest BCUT2D eigenvalue weighted by Crippen LogP contribution is -2.40. The van der Waals surface area contributed by atoms with Gasteiger partial charge in [0.1, 0.15) is 0 Å². The van der Waals surface area contributed by atoms with E-state index in [2.05, 4.69) is 15.0 Å². The van der Waals surface area contributed by atoms with Crippen LogP contribution >= 0.6 is 0 Å². The third-order valence-corrected chi connectivity index (χ3v) is 4.24. The molecule has 1 aromatic heterocycles. The smallest absolute Gasteiger partial charge is 0.260 e. The highest BCUT2D eigenvalue weighted by atomic mass is 32.2. The second kappa shape index (κ2) is 7.20. The monoisotopic (exact) mass is 314 g/mol. The largest absolute Gasteiger partial charge is 0.383 e. The third kappa shape index (κ3) is 5.61. The Labute approximate surface area is 128 Å². The number of aromatic nitrogens is 1. The van der Waals surface area contributed by atoms with Crippen molar-refractivity contribution >= 4 is 15.7 Å². The standard InChI is InChI=1S/C14H26N4O2S/c1-6-15-12-8-7-9-16-13(12)21(19,20)17-10-14(2,3)11-18(4)5/h7-9,15,17H,6,10-11H2,1-5H3. The summed E-state index contributed by atoms with van der Waals surface area (Å²) in [4.78, 5) is 6.05. The van der Waals surface area contributed by atoms with Crippen molar-refractivity contribution in [2.45, 2.75) is 25.8 Å². The zero-order valence-electron chi connectivity index (χ0n) is 13.5. The number of anilines is 1. The fourth-order valence-electron chi connectivity index (χ4n) is 2.20. The maximum Gasteiger partial charge on any atom is 0.260 e. The average Bonchev–Trinajstić information content (AvgIpc) is 2.36. The van der Waals surface area contributed by atoms with Crippen LogP contribution in [-0.4, -0.2) is 52.0 Å². The number of rotatable bonds is 8. The Kier molecular flexibility index (Phi) is 6.12. The van der Waals surface area contributed by atoms with Crippen molar-refractivity contribution in [3.05, 3.63) is 18.3 Å². The van der Waals surface area contributed by atoms with Crippen molar-refractivity contribution in [2.75, 3.05) is 39.0 Å². The first-order valence-electron chi connectivity index (χ1n) is 7.01. The Morgan fingerprint density at radius 1 is 1.33 bits per heavy atom. The van der Waals surface area contributed by atoms with Crippen LogP contribution < -0.4 is 10.0 Å². The molecule has 0 amide bonds. The van der Waals surface area contributed by atoms with E-state index in [0.29, 0.717) is 18.8 Å². The summed E-state index contributed by atoms with van der Waals surface area (Å²) in [6, 6.07) is 3.43. The van der Waals surface area contributed by atoms with E-state index in [-0.39, 0.29) is 10.4 Å². The molecular formula is C14H26N4O2S. The van der Waals surface area contributed by atoms with E-state index < -0.39 is 10.0 Å². The zero-order chi connectivity index (χ0) is 16.1. The Morgan fingerprint density at radius 3 is 2.57 bits per heavy atom. The maximum atomic E-state index is 12.4. The van der Waals surface area contributed by atoms with E-state index in [9.17, 15) is 8.42 Å². The molecular weight excluding hydrogens is 288 g/mol. The quantitative estimate of drug-likeness (QED) is 0.758. The highest BCUT2D eigenvalue weighted by Crippen LogP contribution is 2.20. The molecule has 7 heteroatoms. The van der Waals surface area contributed by atoms with Crippen molar-refractivity contribution in [3.63, 3.8) is 0 Å². The second-order valence-electron chi connectivity index (χ2n) is 6.11. The maximum absolute atomic E-state index is 12.4. The van der Waals surface area contributed by atoms with E-state index in [1.165, 1.54) is 6.20 Å². The molecule has 0 aliphatic heterocycles. The van der Waals surface area contributed by atoms with Crippen LogP contribution in [0.25, 0.3) is 0 Å². The van der Waals surface area contributed by atoms with Gasteiger partial charge in [0, 0.05) is 25.8 Å². The van der Waals surface area contributed by atoms with Gasteiger partial charge in [-0.3, -0.25) is 0 Å². The summed E-state index contributed by atoms with van der Waals surface area (Å²) >= 11 is 0. The molecule has 2 N–H and O–H groups in total. The van der Waals surface area contributed by atoms with Gasteiger partial charge in [-0.25, -0.2) is 18.1 Å². The van der Waals surface area contributed by atoms with Crippen molar-refractivity contribution in [1.82, 2.24) is 14.6 Å². The summed E-state index contributed by atoms with van der Waals surface area (Å²) in [5.74, 6) is 0. The van der Waals surface area contributed by atoms with Crippen molar-refractivity contribution in [1.29, 1.82) is 0 Å². The predicted molar refractivity (Wildman–Crippen MR) is 85.9 cm³/mol. The molecule has 21 heavy (non-hydrogen) atoms. The van der Waals surface area contributed by atoms with Gasteiger partial charge in [0.05, 0.1) is 5.69 Å². The lowest BCUT2D eigenvalue weighted by molar-refractivity contribution is 0.242. The summed E-state index contributed by atoms with van der Waals surface area (Å²) in [5.41, 5.74) is 0.363. The lowest BCUT2D eigenvalue weighted by Gasteiger charge is -2.28. The fourth-order valence-corrected chi connectivity index (χ4v) is 3.55. The van der Waals surface area contributed by atoms with E-state index in [1.807, 2.05) is 39.8 Å². The molecule has 0 aromatic carbocycles. The topological polar surface area (TPSA) is 74.3 Å². The van der Waals surface area contributed by atoms with Gasteiger partial charge in [-0.05, 0) is 38.6 Å². The Morgan fingerprint density at radius 2 is 2.00 bits per heavy atom. The minimum atomic E-state index is -3.62. The number of nitrogens with one attached hydrogen (secondary N) is 2. The number of hydrogen-bond acceptors (Lipinski definition) is 5. The number of sulfonamides is 1. The molecule has 0 spiro atoms. The van der Waals surface area contributed by atoms with Crippen LogP contribution in [0, 0.1) is 5.41 Å². The minimum absolute atomic E-state index is 0.0486. The molecule has 1 heterocycles. The average molecular weight is 314 g/mol. The molecule has 1 aromatic rings. The Bertz CT molecular complexity index is 556. The van der Waals surface area contributed by atoms with E-state index >= 15 is 0 Å². The van der Waals surface area contributed by atoms with E-state index in [0.717, 1.165) is 6.54 Å². The molecule has 0 unspecified atom stereocenters. The van der Waals surface area contributed by atoms with Crippen LogP contribution in [0.3, 0.4) is 0 Å². The third-order valence-electron chi connectivity index (χ3n) is 2.88. The summed E-state index contributed by atoms with van der Waals surface area (Å²) in [5, 5.41) is 3.07. The summed E-state index contributed by atoms with van der Waals surface area (Å²) < 4.78 is 27.5. The summed E-state index contributed by atoms with van der Waals surface area (Å²) in [7, 11) is 0.317. The SMILES string of the molecule is CCNc1cccnc1S(=O)(=O)NCC(C)(C)CN(C)C. The first-order chi connectivity index (χ1) is 9.68. The molecule has 0 aliphatic carbocycles. The molecule has 0 fully saturated rings. The highest BCUT2D eigenvalue weighted by Gasteiger charge is 2.25. The molecule has 0 bridgehead atoms. The van der Waals surface area contributed by atoms with Crippen LogP contribution in [0.5, 0.6) is 0 Å². The van der Waals surface area contributed by atoms with Crippen LogP contribution in [0.15, 0.2) is 23.4 Å². The first-order valence-corrected chi connectivity index (χ1v) is 8.49. The van der Waals surface area contributed by atoms with Crippen LogP contribution in [-0.2, 0) is 10.0 Å². The molecule has 6 nitrogen and oxygen atoms in total. The highest BCUT2D eigenvalue weighted by molar-refractivity contribution is 7.89. The van der Waals surface area contributed by atoms with Gasteiger partial charge in [-0.15, -0.1) is 0 Å². The molecule has 0 atom stereocenters. The van der Waals surface area contributed by atoms with E-state index in [1.54, 1.807) is 12.1 Å². The number of nitrogens with zero attached hydrogens (tertiary/aromatic N) is 2. The molecule has 120 valence electrons. The first kappa shape index (κ1) is 17.9. The van der Waals surface area contributed by atoms with Gasteiger partial charge in [-0.1, -0.05) is 13.8 Å². The zero-order valence-corrected chi connectivity index (χ0v) is 14.3. The van der Waals surface area contributed by atoms with Crippen molar-refractivity contribution in [3.8, 4) is 0 Å². The van der Waals surface area contributed by atoms with Gasteiger partial charge in [0.2, 0.25) is 0 Å². The lowest BCUT2D eigenvalue weighted by atomic mass is 9.93. The minimum Gasteiger partial charge on any atom is -0.383 e. The molecule has 0 radical (unpaired) electrons. The Balaban J connectivity index is 2.88. The van der Waals surface area contributed by atoms with Gasteiger partial charge >= 0.3 is 0 Å². The number of hydrogen-bond donors (Lipinski definition) is 2. The normalized spacial score (nSPS) is 12.7. The molecule has 0 aliphatic rings. The van der Waals surface area contributed by atoms with Crippen molar-refractivity contribution < 1.29 is 8.42 Å². The fraction of sp³-hybridized carbons (Fsp3) is 0.643. The predicted octanol–water partition coefficient (Wildman–Crippen LogP) is 1.38.